The van der Waals surface area contributed by atoms with Crippen LogP contribution in [0.4, 0.5) is 0 Å². The fourth-order valence-corrected chi connectivity index (χ4v) is 3.00. The van der Waals surface area contributed by atoms with E-state index in [0.717, 1.165) is 5.56 Å². The van der Waals surface area contributed by atoms with Crippen LogP contribution >= 0.6 is 11.6 Å². The van der Waals surface area contributed by atoms with Crippen molar-refractivity contribution in [2.45, 2.75) is 12.5 Å². The Morgan fingerprint density at radius 3 is 2.97 bits per heavy atom. The van der Waals surface area contributed by atoms with Crippen LogP contribution in [0.3, 0.4) is 0 Å². The van der Waals surface area contributed by atoms with Crippen molar-refractivity contribution in [1.29, 1.82) is 0 Å². The van der Waals surface area contributed by atoms with Crippen molar-refractivity contribution in [2.24, 2.45) is 5.73 Å². The number of nitrogens with two attached hydrogens (primary N) is 1. The number of aliphatic hydroxyl groups is 1. The average Bonchev–Trinajstić information content (AvgIpc) is 3.10. The van der Waals surface area contributed by atoms with E-state index in [2.05, 4.69) is 21.8 Å². The van der Waals surface area contributed by atoms with Crippen molar-refractivity contribution < 1.29 is 14.7 Å². The number of amides is 2. The number of hydrogen-bond acceptors (Lipinski definition) is 4. The molecular weight excluding hydrogens is 392 g/mol. The number of benzene rings is 1. The minimum Gasteiger partial charge on any atom is -0.380 e. The van der Waals surface area contributed by atoms with Gasteiger partial charge in [0.2, 0.25) is 6.41 Å². The predicted octanol–water partition coefficient (Wildman–Crippen LogP) is 2.17. The van der Waals surface area contributed by atoms with Crippen LogP contribution in [0.2, 0.25) is 5.02 Å². The summed E-state index contributed by atoms with van der Waals surface area (Å²) in [7, 11) is 1.64. The Labute approximate surface area is 172 Å². The predicted molar refractivity (Wildman–Crippen MR) is 111 cm³/mol. The van der Waals surface area contributed by atoms with Gasteiger partial charge in [0.25, 0.3) is 5.91 Å². The van der Waals surface area contributed by atoms with Gasteiger partial charge in [0.1, 0.15) is 6.10 Å². The van der Waals surface area contributed by atoms with Crippen molar-refractivity contribution >= 4 is 34.8 Å². The molecule has 1 aromatic carbocycles. The van der Waals surface area contributed by atoms with Gasteiger partial charge in [-0.1, -0.05) is 35.6 Å². The Hall–Kier alpha value is -3.34. The van der Waals surface area contributed by atoms with Crippen LogP contribution in [0.15, 0.2) is 36.5 Å². The topological polar surface area (TPSA) is 112 Å². The molecule has 2 aromatic heterocycles. The lowest BCUT2D eigenvalue weighted by Gasteiger charge is -2.10. The van der Waals surface area contributed by atoms with Crippen LogP contribution in [0.1, 0.15) is 22.5 Å². The first-order valence-corrected chi connectivity index (χ1v) is 9.20. The molecular formula is C21H19ClN4O3. The highest BCUT2D eigenvalue weighted by molar-refractivity contribution is 6.36. The number of fused-ring (bicyclic) bond motifs is 1. The molecule has 0 spiro atoms. The molecule has 3 aromatic rings. The molecule has 1 atom stereocenters. The van der Waals surface area contributed by atoms with Gasteiger partial charge in [-0.3, -0.25) is 9.59 Å². The third kappa shape index (κ3) is 4.74. The van der Waals surface area contributed by atoms with Crippen molar-refractivity contribution in [1.82, 2.24) is 14.9 Å². The number of carbonyl (C=O) groups is 2. The highest BCUT2D eigenvalue weighted by Crippen LogP contribution is 2.29. The van der Waals surface area contributed by atoms with Gasteiger partial charge in [0, 0.05) is 42.7 Å². The SMILES string of the molecule is CN(C=O)CC[C@@H](O)C#Cc1cccc(-c2cc3c(Cl)c[nH]c3c(C(N)=O)n2)c1. The van der Waals surface area contributed by atoms with Crippen LogP contribution in [-0.4, -0.2) is 52.0 Å². The first kappa shape index (κ1) is 20.4. The quantitative estimate of drug-likeness (QED) is 0.427. The monoisotopic (exact) mass is 410 g/mol. The summed E-state index contributed by atoms with van der Waals surface area (Å²) in [6, 6.07) is 9.02. The Morgan fingerprint density at radius 2 is 2.24 bits per heavy atom. The molecule has 0 saturated heterocycles. The summed E-state index contributed by atoms with van der Waals surface area (Å²) >= 11 is 6.20. The molecule has 8 heteroatoms. The van der Waals surface area contributed by atoms with E-state index in [1.54, 1.807) is 37.5 Å². The van der Waals surface area contributed by atoms with Gasteiger partial charge in [-0.2, -0.15) is 0 Å². The van der Waals surface area contributed by atoms with Crippen molar-refractivity contribution in [3.05, 3.63) is 52.8 Å². The zero-order valence-electron chi connectivity index (χ0n) is 15.6. The van der Waals surface area contributed by atoms with E-state index in [-0.39, 0.29) is 5.69 Å². The molecule has 2 heterocycles. The van der Waals surface area contributed by atoms with Gasteiger partial charge < -0.3 is 20.7 Å². The van der Waals surface area contributed by atoms with Crippen molar-refractivity contribution in [2.75, 3.05) is 13.6 Å². The summed E-state index contributed by atoms with van der Waals surface area (Å²) in [5.41, 5.74) is 8.00. The third-order valence-electron chi connectivity index (χ3n) is 4.33. The maximum atomic E-state index is 11.8. The molecule has 0 fully saturated rings. The Balaban J connectivity index is 1.90. The lowest BCUT2D eigenvalue weighted by atomic mass is 10.1. The number of aliphatic hydroxyl groups excluding tert-OH is 1. The minimum absolute atomic E-state index is 0.107. The lowest BCUT2D eigenvalue weighted by molar-refractivity contribution is -0.117. The number of primary amides is 1. The van der Waals surface area contributed by atoms with Crippen molar-refractivity contribution in [3.63, 3.8) is 0 Å². The van der Waals surface area contributed by atoms with E-state index in [0.29, 0.717) is 46.6 Å². The molecule has 0 aliphatic rings. The first-order chi connectivity index (χ1) is 13.9. The first-order valence-electron chi connectivity index (χ1n) is 8.82. The van der Waals surface area contributed by atoms with Crippen molar-refractivity contribution in [3.8, 4) is 23.1 Å². The van der Waals surface area contributed by atoms with E-state index in [1.807, 2.05) is 6.07 Å². The molecule has 4 N–H and O–H groups in total. The lowest BCUT2D eigenvalue weighted by Crippen LogP contribution is -2.21. The zero-order valence-corrected chi connectivity index (χ0v) is 16.4. The van der Waals surface area contributed by atoms with E-state index in [4.69, 9.17) is 17.3 Å². The van der Waals surface area contributed by atoms with Gasteiger partial charge in [0.15, 0.2) is 5.69 Å². The third-order valence-corrected chi connectivity index (χ3v) is 4.64. The summed E-state index contributed by atoms with van der Waals surface area (Å²) in [5, 5.41) is 11.1. The normalized spacial score (nSPS) is 11.6. The summed E-state index contributed by atoms with van der Waals surface area (Å²) < 4.78 is 0. The zero-order chi connectivity index (χ0) is 21.0. The smallest absolute Gasteiger partial charge is 0.269 e. The standard InChI is InChI=1S/C21H19ClN4O3/c1-26(12-27)8-7-15(28)6-5-13-3-2-4-14(9-13)18-10-16-17(22)11-24-19(16)20(25-18)21(23)29/h2-4,9-12,15,24,28H,7-8H2,1H3,(H2,23,29)/t15-/m0/s1. The van der Waals surface area contributed by atoms with Crippen LogP contribution in [0, 0.1) is 11.8 Å². The highest BCUT2D eigenvalue weighted by atomic mass is 35.5. The van der Waals surface area contributed by atoms with E-state index in [9.17, 15) is 14.7 Å². The molecule has 3 rings (SSSR count). The number of aromatic amines is 1. The van der Waals surface area contributed by atoms with Crippen LogP contribution in [0.5, 0.6) is 0 Å². The van der Waals surface area contributed by atoms with Gasteiger partial charge in [-0.25, -0.2) is 4.98 Å². The van der Waals surface area contributed by atoms with Gasteiger partial charge in [-0.05, 0) is 18.2 Å². The van der Waals surface area contributed by atoms with Crippen LogP contribution < -0.4 is 5.73 Å². The van der Waals surface area contributed by atoms with Gasteiger partial charge in [-0.15, -0.1) is 0 Å². The molecule has 0 bridgehead atoms. The van der Waals surface area contributed by atoms with Crippen LogP contribution in [-0.2, 0) is 4.79 Å². The summed E-state index contributed by atoms with van der Waals surface area (Å²) in [6.45, 7) is 0.413. The number of pyridine rings is 1. The summed E-state index contributed by atoms with van der Waals surface area (Å²) in [4.78, 5) is 31.1. The van der Waals surface area contributed by atoms with E-state index >= 15 is 0 Å². The average molecular weight is 411 g/mol. The number of nitrogens with zero attached hydrogens (tertiary/aromatic N) is 2. The molecule has 148 valence electrons. The molecule has 2 amide bonds. The number of hydrogen-bond donors (Lipinski definition) is 3. The molecule has 0 unspecified atom stereocenters. The second kappa shape index (κ2) is 8.78. The largest absolute Gasteiger partial charge is 0.380 e. The molecule has 7 nitrogen and oxygen atoms in total. The van der Waals surface area contributed by atoms with Gasteiger partial charge in [0.05, 0.1) is 16.2 Å². The number of carbonyl (C=O) groups excluding carboxylic acids is 2. The Kier molecular flexibility index (Phi) is 6.17. The van der Waals surface area contributed by atoms with E-state index in [1.165, 1.54) is 4.90 Å². The maximum absolute atomic E-state index is 11.8. The second-order valence-electron chi connectivity index (χ2n) is 6.52. The van der Waals surface area contributed by atoms with E-state index < -0.39 is 12.0 Å². The maximum Gasteiger partial charge on any atom is 0.269 e. The fraction of sp³-hybridized carbons (Fsp3) is 0.190. The number of H-pyrrole nitrogens is 1. The molecule has 0 aliphatic heterocycles. The van der Waals surface area contributed by atoms with Crippen LogP contribution in [0.25, 0.3) is 22.2 Å². The Morgan fingerprint density at radius 1 is 1.45 bits per heavy atom. The number of aromatic nitrogens is 2. The molecule has 0 aliphatic carbocycles. The molecule has 29 heavy (non-hydrogen) atoms. The molecule has 0 saturated carbocycles. The number of nitrogens with one attached hydrogen (secondary N) is 1. The number of halogens is 1. The number of rotatable bonds is 6. The second-order valence-corrected chi connectivity index (χ2v) is 6.93. The minimum atomic E-state index is -0.851. The highest BCUT2D eigenvalue weighted by Gasteiger charge is 2.15. The summed E-state index contributed by atoms with van der Waals surface area (Å²) in [6.07, 6.45) is 1.78. The fourth-order valence-electron chi connectivity index (χ4n) is 2.79. The Bertz CT molecular complexity index is 1130. The van der Waals surface area contributed by atoms with Gasteiger partial charge >= 0.3 is 0 Å². The summed E-state index contributed by atoms with van der Waals surface area (Å²) in [5.74, 6) is 5.02. The molecule has 0 radical (unpaired) electrons.